The summed E-state index contributed by atoms with van der Waals surface area (Å²) in [5.41, 5.74) is 2.12. The van der Waals surface area contributed by atoms with Crippen LogP contribution in [-0.4, -0.2) is 47.6 Å². The molecule has 2 atom stereocenters. The molecule has 3 rings (SSSR count). The highest BCUT2D eigenvalue weighted by Crippen LogP contribution is 2.24. The predicted molar refractivity (Wildman–Crippen MR) is 126 cm³/mol. The zero-order valence-corrected chi connectivity index (χ0v) is 18.8. The van der Waals surface area contributed by atoms with E-state index >= 15 is 0 Å². The number of nitrogens with zero attached hydrogens (tertiary/aromatic N) is 6. The number of aliphatic imine (C=N–C) groups is 1. The number of benzene rings is 1. The Labute approximate surface area is 188 Å². The van der Waals surface area contributed by atoms with Crippen LogP contribution in [0.3, 0.4) is 0 Å². The van der Waals surface area contributed by atoms with Crippen LogP contribution in [0.15, 0.2) is 52.4 Å². The van der Waals surface area contributed by atoms with Crippen molar-refractivity contribution in [2.75, 3.05) is 29.4 Å². The first-order chi connectivity index (χ1) is 15.4. The number of alkyl halides is 1. The van der Waals surface area contributed by atoms with Crippen molar-refractivity contribution in [3.05, 3.63) is 64.2 Å². The van der Waals surface area contributed by atoms with Crippen molar-refractivity contribution in [1.82, 2.24) is 9.55 Å². The number of hydrogen-bond donors (Lipinski definition) is 0. The molecule has 1 fully saturated rings. The third kappa shape index (κ3) is 5.61. The van der Waals surface area contributed by atoms with Crippen LogP contribution in [0.2, 0.25) is 0 Å². The lowest BCUT2D eigenvalue weighted by atomic mass is 10.1. The molecule has 7 nitrogen and oxygen atoms in total. The van der Waals surface area contributed by atoms with Crippen LogP contribution in [0.25, 0.3) is 0 Å². The molecule has 0 amide bonds. The van der Waals surface area contributed by atoms with Gasteiger partial charge in [0.1, 0.15) is 12.2 Å². The Bertz CT molecular complexity index is 1080. The summed E-state index contributed by atoms with van der Waals surface area (Å²) in [4.78, 5) is 25.6. The third-order valence-corrected chi connectivity index (χ3v) is 5.56. The summed E-state index contributed by atoms with van der Waals surface area (Å²) in [5.74, 6) is 0.629. The number of aromatic nitrogens is 2. The molecule has 0 aliphatic carbocycles. The summed E-state index contributed by atoms with van der Waals surface area (Å²) in [5, 5.41) is 9.46. The van der Waals surface area contributed by atoms with Crippen molar-refractivity contribution in [3.8, 4) is 6.07 Å². The molecule has 8 heteroatoms. The molecule has 1 aliphatic heterocycles. The van der Waals surface area contributed by atoms with Gasteiger partial charge in [-0.2, -0.15) is 5.26 Å². The number of para-hydroxylation sites is 1. The van der Waals surface area contributed by atoms with E-state index < -0.39 is 6.17 Å². The van der Waals surface area contributed by atoms with Crippen molar-refractivity contribution in [3.63, 3.8) is 0 Å². The maximum atomic E-state index is 12.8. The van der Waals surface area contributed by atoms with E-state index in [1.165, 1.54) is 25.4 Å². The van der Waals surface area contributed by atoms with Gasteiger partial charge in [0.15, 0.2) is 0 Å². The first kappa shape index (κ1) is 23.2. The summed E-state index contributed by atoms with van der Waals surface area (Å²) < 4.78 is 14.4. The number of halogens is 1. The van der Waals surface area contributed by atoms with Crippen molar-refractivity contribution >= 4 is 17.9 Å². The molecule has 0 bridgehead atoms. The Morgan fingerprint density at radius 2 is 2.12 bits per heavy atom. The van der Waals surface area contributed by atoms with Crippen molar-refractivity contribution in [1.29, 1.82) is 5.26 Å². The van der Waals surface area contributed by atoms with Crippen molar-refractivity contribution in [2.45, 2.75) is 38.9 Å². The molecule has 2 heterocycles. The van der Waals surface area contributed by atoms with E-state index in [0.29, 0.717) is 30.2 Å². The van der Waals surface area contributed by atoms with Crippen LogP contribution < -0.4 is 15.4 Å². The number of hydrogen-bond acceptors (Lipinski definition) is 6. The fourth-order valence-electron chi connectivity index (χ4n) is 3.78. The Morgan fingerprint density at radius 1 is 1.34 bits per heavy atom. The monoisotopic (exact) mass is 436 g/mol. The molecule has 1 aliphatic rings. The highest BCUT2D eigenvalue weighted by molar-refractivity contribution is 5.62. The molecule has 1 aromatic heterocycles. The van der Waals surface area contributed by atoms with Gasteiger partial charge in [0.05, 0.1) is 16.9 Å². The van der Waals surface area contributed by atoms with Gasteiger partial charge in [0.25, 0.3) is 5.56 Å². The van der Waals surface area contributed by atoms with E-state index in [1.54, 1.807) is 17.7 Å². The summed E-state index contributed by atoms with van der Waals surface area (Å²) in [6.07, 6.45) is 4.71. The molecule has 0 saturated carbocycles. The van der Waals surface area contributed by atoms with Crippen LogP contribution in [-0.2, 0) is 13.5 Å². The molecular weight excluding hydrogens is 407 g/mol. The zero-order valence-electron chi connectivity index (χ0n) is 18.8. The first-order valence-corrected chi connectivity index (χ1v) is 10.8. The number of rotatable bonds is 6. The maximum absolute atomic E-state index is 12.8. The van der Waals surface area contributed by atoms with Gasteiger partial charge >= 0.3 is 0 Å². The Morgan fingerprint density at radius 3 is 2.88 bits per heavy atom. The minimum atomic E-state index is -1.10. The second kappa shape index (κ2) is 10.7. The molecule has 0 radical (unpaired) electrons. The van der Waals surface area contributed by atoms with E-state index in [-0.39, 0.29) is 11.6 Å². The van der Waals surface area contributed by atoms with Crippen molar-refractivity contribution in [2.24, 2.45) is 12.0 Å². The molecule has 1 saturated heterocycles. The fraction of sp³-hybridized carbons (Fsp3) is 0.417. The Kier molecular flexibility index (Phi) is 7.77. The van der Waals surface area contributed by atoms with Crippen LogP contribution in [0.5, 0.6) is 0 Å². The van der Waals surface area contributed by atoms with E-state index in [1.807, 2.05) is 24.3 Å². The van der Waals surface area contributed by atoms with Crippen LogP contribution in [0.1, 0.15) is 31.5 Å². The van der Waals surface area contributed by atoms with Gasteiger partial charge < -0.3 is 9.80 Å². The Balaban J connectivity index is 1.81. The van der Waals surface area contributed by atoms with E-state index in [9.17, 15) is 14.4 Å². The first-order valence-electron chi connectivity index (χ1n) is 10.8. The van der Waals surface area contributed by atoms with Gasteiger partial charge in [-0.25, -0.2) is 9.37 Å². The predicted octanol–water partition coefficient (Wildman–Crippen LogP) is 3.24. The van der Waals surface area contributed by atoms with Crippen LogP contribution in [0.4, 0.5) is 16.0 Å². The highest BCUT2D eigenvalue weighted by atomic mass is 19.1. The maximum Gasteiger partial charge on any atom is 0.254 e. The highest BCUT2D eigenvalue weighted by Gasteiger charge is 2.25. The molecule has 0 N–H and O–H groups in total. The summed E-state index contributed by atoms with van der Waals surface area (Å²) in [6.45, 7) is 5.76. The Hall–Kier alpha value is -3.47. The molecule has 32 heavy (non-hydrogen) atoms. The van der Waals surface area contributed by atoms with Crippen LogP contribution in [0, 0.1) is 11.3 Å². The van der Waals surface area contributed by atoms with E-state index in [0.717, 1.165) is 25.2 Å². The summed E-state index contributed by atoms with van der Waals surface area (Å²) >= 11 is 0. The SMILES string of the molecule is CC(F)C=N/C=C\Cc1cc(=O)n(C)c(N2CCN(c3ccccc3C#N)CCC2C)n1. The minimum Gasteiger partial charge on any atom is -0.369 e. The lowest BCUT2D eigenvalue weighted by molar-refractivity contribution is 0.461. The number of nitriles is 1. The topological polar surface area (TPSA) is 77.5 Å². The summed E-state index contributed by atoms with van der Waals surface area (Å²) in [7, 11) is 1.73. The normalized spacial score (nSPS) is 18.2. The fourth-order valence-corrected chi connectivity index (χ4v) is 3.78. The van der Waals surface area contributed by atoms with Gasteiger partial charge in [-0.1, -0.05) is 18.2 Å². The van der Waals surface area contributed by atoms with Gasteiger partial charge in [0, 0.05) is 57.6 Å². The largest absolute Gasteiger partial charge is 0.369 e. The molecule has 2 unspecified atom stereocenters. The molecular formula is C24H29FN6O. The lowest BCUT2D eigenvalue weighted by Crippen LogP contribution is -2.39. The van der Waals surface area contributed by atoms with Gasteiger partial charge in [0.2, 0.25) is 5.95 Å². The van der Waals surface area contributed by atoms with Gasteiger partial charge in [-0.05, 0) is 32.4 Å². The minimum absolute atomic E-state index is 0.123. The zero-order chi connectivity index (χ0) is 23.1. The number of anilines is 2. The smallest absolute Gasteiger partial charge is 0.254 e. The molecule has 2 aromatic rings. The van der Waals surface area contributed by atoms with Crippen molar-refractivity contribution < 1.29 is 4.39 Å². The average Bonchev–Trinajstić information content (AvgIpc) is 2.97. The standard InChI is InChI=1S/C24H29FN6O/c1-18(25)17-27-11-6-8-21-15-23(32)29(3)24(28-21)31-14-13-30(12-10-19(31)2)22-9-5-4-7-20(22)16-26/h4-7,9,11,15,17-19H,8,10,12-14H2,1-3H3/b11-6-,27-17?. The average molecular weight is 437 g/mol. The number of allylic oxidation sites excluding steroid dienone is 1. The molecule has 0 spiro atoms. The van der Waals surface area contributed by atoms with Gasteiger partial charge in [-0.3, -0.25) is 14.4 Å². The van der Waals surface area contributed by atoms with Crippen LogP contribution >= 0.6 is 0 Å². The van der Waals surface area contributed by atoms with E-state index in [2.05, 4.69) is 27.8 Å². The lowest BCUT2D eigenvalue weighted by Gasteiger charge is -2.29. The van der Waals surface area contributed by atoms with Gasteiger partial charge in [-0.15, -0.1) is 0 Å². The second-order valence-corrected chi connectivity index (χ2v) is 7.96. The quantitative estimate of drug-likeness (QED) is 0.650. The molecule has 168 valence electrons. The third-order valence-electron chi connectivity index (χ3n) is 5.56. The summed E-state index contributed by atoms with van der Waals surface area (Å²) in [6, 6.07) is 11.6. The molecule has 1 aromatic carbocycles. The second-order valence-electron chi connectivity index (χ2n) is 7.96. The van der Waals surface area contributed by atoms with E-state index in [4.69, 9.17) is 4.98 Å².